The average molecular weight is 188 g/mol. The van der Waals surface area contributed by atoms with Crippen LogP contribution in [0.4, 0.5) is 0 Å². The Balaban J connectivity index is 3.80. The molecule has 0 saturated carbocycles. The van der Waals surface area contributed by atoms with Gasteiger partial charge in [-0.1, -0.05) is 39.5 Å². The van der Waals surface area contributed by atoms with Gasteiger partial charge >= 0.3 is 5.97 Å². The maximum atomic E-state index is 10.5. The van der Waals surface area contributed by atoms with E-state index in [1.165, 1.54) is 0 Å². The summed E-state index contributed by atoms with van der Waals surface area (Å²) in [5.41, 5.74) is 0. The molecule has 0 heterocycles. The van der Waals surface area contributed by atoms with E-state index in [9.17, 15) is 9.90 Å². The van der Waals surface area contributed by atoms with Crippen molar-refractivity contribution < 1.29 is 15.0 Å². The van der Waals surface area contributed by atoms with Crippen LogP contribution in [0.25, 0.3) is 0 Å². The number of aliphatic hydroxyl groups is 1. The lowest BCUT2D eigenvalue weighted by atomic mass is 9.93. The first-order valence-corrected chi connectivity index (χ1v) is 5.04. The van der Waals surface area contributed by atoms with Gasteiger partial charge in [0.2, 0.25) is 0 Å². The zero-order valence-electron chi connectivity index (χ0n) is 8.49. The average Bonchev–Trinajstić information content (AvgIpc) is 2.11. The van der Waals surface area contributed by atoms with E-state index < -0.39 is 12.1 Å². The summed E-state index contributed by atoms with van der Waals surface area (Å²) in [7, 11) is 0. The van der Waals surface area contributed by atoms with Crippen LogP contribution in [0.15, 0.2) is 0 Å². The van der Waals surface area contributed by atoms with Gasteiger partial charge in [0.1, 0.15) is 0 Å². The molecule has 13 heavy (non-hydrogen) atoms. The summed E-state index contributed by atoms with van der Waals surface area (Å²) in [6, 6.07) is 0. The Kier molecular flexibility index (Phi) is 6.59. The molecule has 0 radical (unpaired) electrons. The van der Waals surface area contributed by atoms with Crippen LogP contribution in [0.1, 0.15) is 46.0 Å². The van der Waals surface area contributed by atoms with Crippen molar-refractivity contribution >= 4 is 5.97 Å². The summed E-state index contributed by atoms with van der Waals surface area (Å²) in [5.74, 6) is -1.17. The van der Waals surface area contributed by atoms with Gasteiger partial charge in [0.15, 0.2) is 6.10 Å². The van der Waals surface area contributed by atoms with Gasteiger partial charge in [-0.15, -0.1) is 0 Å². The van der Waals surface area contributed by atoms with Crippen molar-refractivity contribution in [1.29, 1.82) is 0 Å². The monoisotopic (exact) mass is 188 g/mol. The molecular weight excluding hydrogens is 168 g/mol. The van der Waals surface area contributed by atoms with Crippen molar-refractivity contribution in [1.82, 2.24) is 0 Å². The number of carbonyl (C=O) groups is 1. The van der Waals surface area contributed by atoms with E-state index in [0.29, 0.717) is 0 Å². The fraction of sp³-hybridized carbons (Fsp3) is 0.900. The Morgan fingerprint density at radius 3 is 2.31 bits per heavy atom. The van der Waals surface area contributed by atoms with Gasteiger partial charge in [-0.05, 0) is 12.3 Å². The molecule has 78 valence electrons. The van der Waals surface area contributed by atoms with E-state index in [1.54, 1.807) is 0 Å². The fourth-order valence-electron chi connectivity index (χ4n) is 1.44. The lowest BCUT2D eigenvalue weighted by Gasteiger charge is -2.17. The number of carboxylic acids is 1. The molecule has 0 spiro atoms. The number of hydrogen-bond donors (Lipinski definition) is 2. The molecule has 0 aliphatic carbocycles. The molecule has 3 heteroatoms. The number of aliphatic carboxylic acids is 1. The van der Waals surface area contributed by atoms with E-state index in [2.05, 4.69) is 6.92 Å². The maximum Gasteiger partial charge on any atom is 0.332 e. The first kappa shape index (κ1) is 12.4. The number of rotatable bonds is 7. The Hall–Kier alpha value is -0.570. The lowest BCUT2D eigenvalue weighted by Crippen LogP contribution is -2.28. The molecule has 2 N–H and O–H groups in total. The van der Waals surface area contributed by atoms with Crippen LogP contribution in [-0.4, -0.2) is 22.3 Å². The third-order valence-electron chi connectivity index (χ3n) is 2.40. The second-order valence-corrected chi connectivity index (χ2v) is 3.45. The molecule has 0 saturated heterocycles. The first-order valence-electron chi connectivity index (χ1n) is 5.04. The zero-order valence-corrected chi connectivity index (χ0v) is 8.49. The van der Waals surface area contributed by atoms with E-state index in [4.69, 9.17) is 5.11 Å². The van der Waals surface area contributed by atoms with Gasteiger partial charge in [-0.2, -0.15) is 0 Å². The van der Waals surface area contributed by atoms with Crippen molar-refractivity contribution in [3.63, 3.8) is 0 Å². The maximum absolute atomic E-state index is 10.5. The fourth-order valence-corrected chi connectivity index (χ4v) is 1.44. The molecule has 0 fully saturated rings. The highest BCUT2D eigenvalue weighted by atomic mass is 16.4. The summed E-state index contributed by atoms with van der Waals surface area (Å²) < 4.78 is 0. The van der Waals surface area contributed by atoms with Gasteiger partial charge in [-0.3, -0.25) is 0 Å². The van der Waals surface area contributed by atoms with Crippen molar-refractivity contribution in [3.8, 4) is 0 Å². The van der Waals surface area contributed by atoms with Crippen LogP contribution in [0.2, 0.25) is 0 Å². The highest BCUT2D eigenvalue weighted by Crippen LogP contribution is 2.17. The molecule has 0 bridgehead atoms. The molecule has 0 aromatic heterocycles. The van der Waals surface area contributed by atoms with E-state index in [-0.39, 0.29) is 5.92 Å². The molecule has 2 unspecified atom stereocenters. The van der Waals surface area contributed by atoms with Crippen molar-refractivity contribution in [2.45, 2.75) is 52.1 Å². The Labute approximate surface area is 79.8 Å². The summed E-state index contributed by atoms with van der Waals surface area (Å²) in [6.07, 6.45) is 3.62. The first-order chi connectivity index (χ1) is 6.13. The van der Waals surface area contributed by atoms with Crippen LogP contribution in [0.3, 0.4) is 0 Å². The van der Waals surface area contributed by atoms with Crippen LogP contribution >= 0.6 is 0 Å². The predicted molar refractivity (Wildman–Crippen MR) is 51.6 cm³/mol. The topological polar surface area (TPSA) is 57.5 Å². The molecule has 0 aliphatic heterocycles. The molecule has 3 nitrogen and oxygen atoms in total. The minimum absolute atomic E-state index is 0.0796. The summed E-state index contributed by atoms with van der Waals surface area (Å²) in [6.45, 7) is 4.03. The summed E-state index contributed by atoms with van der Waals surface area (Å²) in [5, 5.41) is 17.9. The number of unbranched alkanes of at least 4 members (excludes halogenated alkanes) is 2. The zero-order chi connectivity index (χ0) is 10.3. The van der Waals surface area contributed by atoms with Crippen LogP contribution < -0.4 is 0 Å². The van der Waals surface area contributed by atoms with Gasteiger partial charge in [-0.25, -0.2) is 4.79 Å². The van der Waals surface area contributed by atoms with Crippen molar-refractivity contribution in [2.75, 3.05) is 0 Å². The lowest BCUT2D eigenvalue weighted by molar-refractivity contribution is -0.149. The summed E-state index contributed by atoms with van der Waals surface area (Å²) in [4.78, 5) is 10.5. The van der Waals surface area contributed by atoms with E-state index >= 15 is 0 Å². The summed E-state index contributed by atoms with van der Waals surface area (Å²) >= 11 is 0. The highest BCUT2D eigenvalue weighted by Gasteiger charge is 2.23. The van der Waals surface area contributed by atoms with Gasteiger partial charge in [0.25, 0.3) is 0 Å². The van der Waals surface area contributed by atoms with Gasteiger partial charge in [0, 0.05) is 0 Å². The van der Waals surface area contributed by atoms with E-state index in [1.807, 2.05) is 6.92 Å². The van der Waals surface area contributed by atoms with Crippen molar-refractivity contribution in [2.24, 2.45) is 5.92 Å². The van der Waals surface area contributed by atoms with Crippen molar-refractivity contribution in [3.05, 3.63) is 0 Å². The third kappa shape index (κ3) is 4.88. The SMILES string of the molecule is CCCCCC(CC)C(O)C(=O)O. The molecule has 0 aromatic carbocycles. The smallest absolute Gasteiger partial charge is 0.332 e. The van der Waals surface area contributed by atoms with Crippen LogP contribution in [0, 0.1) is 5.92 Å². The molecule has 2 atom stereocenters. The standard InChI is InChI=1S/C10H20O3/c1-3-5-6-7-8(4-2)9(11)10(12)13/h8-9,11H,3-7H2,1-2H3,(H,12,13). The number of aliphatic hydroxyl groups excluding tert-OH is 1. The molecule has 0 aromatic rings. The molecule has 0 amide bonds. The van der Waals surface area contributed by atoms with E-state index in [0.717, 1.165) is 32.1 Å². The second-order valence-electron chi connectivity index (χ2n) is 3.45. The third-order valence-corrected chi connectivity index (χ3v) is 2.40. The highest BCUT2D eigenvalue weighted by molar-refractivity contribution is 5.72. The van der Waals surface area contributed by atoms with Gasteiger partial charge in [0.05, 0.1) is 0 Å². The van der Waals surface area contributed by atoms with Crippen LogP contribution in [0.5, 0.6) is 0 Å². The molecular formula is C10H20O3. The Bertz CT molecular complexity index is 145. The Morgan fingerprint density at radius 1 is 1.31 bits per heavy atom. The quantitative estimate of drug-likeness (QED) is 0.601. The minimum Gasteiger partial charge on any atom is -0.479 e. The minimum atomic E-state index is -1.18. The largest absolute Gasteiger partial charge is 0.479 e. The normalized spacial score (nSPS) is 15.3. The second kappa shape index (κ2) is 6.89. The molecule has 0 rings (SSSR count). The Morgan fingerprint density at radius 2 is 1.92 bits per heavy atom. The number of carboxylic acid groups (broad SMARTS) is 1. The van der Waals surface area contributed by atoms with Gasteiger partial charge < -0.3 is 10.2 Å². The predicted octanol–water partition coefficient (Wildman–Crippen LogP) is 2.04. The number of hydrogen-bond acceptors (Lipinski definition) is 2. The molecule has 0 aliphatic rings. The van der Waals surface area contributed by atoms with Crippen LogP contribution in [-0.2, 0) is 4.79 Å².